The Bertz CT molecular complexity index is 1800. The zero-order valence-corrected chi connectivity index (χ0v) is 29.2. The van der Waals surface area contributed by atoms with E-state index in [0.717, 1.165) is 64.7 Å². The Labute approximate surface area is 287 Å². The smallest absolute Gasteiger partial charge is 0.321 e. The molecule has 0 aliphatic heterocycles. The molecule has 3 N–H and O–H groups in total. The molecule has 3 fully saturated rings. The lowest BCUT2D eigenvalue weighted by molar-refractivity contribution is -0.174. The number of fused-ring (bicyclic) bond motifs is 2. The van der Waals surface area contributed by atoms with Crippen molar-refractivity contribution in [3.8, 4) is 0 Å². The molecule has 1 heterocycles. The van der Waals surface area contributed by atoms with E-state index < -0.39 is 16.4 Å². The second-order valence-electron chi connectivity index (χ2n) is 16.0. The number of thiophene rings is 1. The lowest BCUT2D eigenvalue weighted by Crippen LogP contribution is -2.67. The van der Waals surface area contributed by atoms with Crippen molar-refractivity contribution in [3.05, 3.63) is 89.3 Å². The third-order valence-electron chi connectivity index (χ3n) is 13.9. The molecule has 6 aliphatic carbocycles. The molecule has 252 valence electrons. The molecule has 8 atom stereocenters. The van der Waals surface area contributed by atoms with Crippen LogP contribution in [0.5, 0.6) is 0 Å². The van der Waals surface area contributed by atoms with Crippen LogP contribution < -0.4 is 5.32 Å². The first-order chi connectivity index (χ1) is 23.0. The molecule has 7 heteroatoms. The number of amides is 2. The molecular weight excluding hydrogens is 617 g/mol. The number of hydrogen-bond acceptors (Lipinski definition) is 5. The summed E-state index contributed by atoms with van der Waals surface area (Å²) in [5.74, 6) is 0.369. The van der Waals surface area contributed by atoms with Gasteiger partial charge < -0.3 is 20.4 Å². The van der Waals surface area contributed by atoms with Crippen LogP contribution in [0.25, 0.3) is 10.1 Å². The Balaban J connectivity index is 1.20. The van der Waals surface area contributed by atoms with Crippen LogP contribution in [0.3, 0.4) is 0 Å². The minimum Gasteiger partial charge on any atom is -0.393 e. The molecule has 2 aromatic carbocycles. The number of urea groups is 1. The highest BCUT2D eigenvalue weighted by Crippen LogP contribution is 2.78. The summed E-state index contributed by atoms with van der Waals surface area (Å²) in [4.78, 5) is 31.2. The first kappa shape index (κ1) is 32.0. The van der Waals surface area contributed by atoms with Gasteiger partial charge in [-0.3, -0.25) is 4.79 Å². The van der Waals surface area contributed by atoms with Crippen LogP contribution in [-0.2, 0) is 0 Å². The lowest BCUT2D eigenvalue weighted by Gasteiger charge is -2.71. The predicted molar refractivity (Wildman–Crippen MR) is 192 cm³/mol. The third kappa shape index (κ3) is 4.36. The number of nitrogens with one attached hydrogen (secondary N) is 1. The maximum Gasteiger partial charge on any atom is 0.321 e. The SMILES string of the molecule is CCCN(CC1(O)CCC2C34C=CC5(C=C3C(=O)c3cc6ccccc6s3)CC(O)CCC5(C)C4CCC21C)C(=O)Nc1ccccc1. The molecule has 2 spiro atoms. The van der Waals surface area contributed by atoms with E-state index in [1.165, 1.54) is 0 Å². The molecule has 1 aromatic heterocycles. The number of allylic oxidation sites excluding steroid dienone is 4. The highest BCUT2D eigenvalue weighted by molar-refractivity contribution is 7.21. The quantitative estimate of drug-likeness (QED) is 0.174. The number of hydrogen-bond donors (Lipinski definition) is 3. The van der Waals surface area contributed by atoms with Crippen LogP contribution in [0.4, 0.5) is 10.5 Å². The predicted octanol–water partition coefficient (Wildman–Crippen LogP) is 8.62. The number of rotatable bonds is 7. The van der Waals surface area contributed by atoms with Crippen molar-refractivity contribution >= 4 is 38.9 Å². The Hall–Kier alpha value is -3.26. The van der Waals surface area contributed by atoms with E-state index in [4.69, 9.17) is 0 Å². The van der Waals surface area contributed by atoms with Crippen LogP contribution in [0.15, 0.2) is 84.5 Å². The van der Waals surface area contributed by atoms with Gasteiger partial charge in [0.05, 0.1) is 23.1 Å². The highest BCUT2D eigenvalue weighted by atomic mass is 32.1. The van der Waals surface area contributed by atoms with E-state index in [2.05, 4.69) is 56.4 Å². The zero-order chi connectivity index (χ0) is 33.5. The van der Waals surface area contributed by atoms with E-state index >= 15 is 0 Å². The number of aliphatic hydroxyl groups is 2. The summed E-state index contributed by atoms with van der Waals surface area (Å²) >= 11 is 1.57. The van der Waals surface area contributed by atoms with Gasteiger partial charge in [0.25, 0.3) is 0 Å². The van der Waals surface area contributed by atoms with Crippen LogP contribution in [-0.4, -0.2) is 51.7 Å². The fourth-order valence-corrected chi connectivity index (χ4v) is 12.4. The minimum absolute atomic E-state index is 0.0391. The fraction of sp³-hybridized carbons (Fsp3) is 0.512. The van der Waals surface area contributed by atoms with Crippen molar-refractivity contribution in [1.29, 1.82) is 0 Å². The standard InChI is InChI=1S/C41H48N2O4S/c1-4-22-43(36(46)42-28-11-6-5-7-12-28)26-40(47)19-16-34-38(40,3)18-15-33-37(2)17-14-29(44)24-39(37)20-21-41(33,34)30(25-39)35(45)32-23-27-10-8-9-13-31(27)48-32/h5-13,20-21,23,25,29,33-34,44,47H,4,14-19,22,24,26H2,1-3H3,(H,42,46). The summed E-state index contributed by atoms with van der Waals surface area (Å²) in [6.07, 6.45) is 12.9. The molecule has 9 rings (SSSR count). The van der Waals surface area contributed by atoms with Crippen LogP contribution in [0.2, 0.25) is 0 Å². The lowest BCUT2D eigenvalue weighted by atomic mass is 9.32. The summed E-state index contributed by atoms with van der Waals surface area (Å²) in [5.41, 5.74) is -0.967. The maximum atomic E-state index is 15.0. The summed E-state index contributed by atoms with van der Waals surface area (Å²) in [6, 6.07) is 19.6. The van der Waals surface area contributed by atoms with Gasteiger partial charge in [0, 0.05) is 38.8 Å². The second-order valence-corrected chi connectivity index (χ2v) is 17.1. The summed E-state index contributed by atoms with van der Waals surface area (Å²) in [5, 5.41) is 28.0. The van der Waals surface area contributed by atoms with Gasteiger partial charge in [-0.25, -0.2) is 4.79 Å². The van der Waals surface area contributed by atoms with E-state index in [-0.39, 0.29) is 47.1 Å². The maximum absolute atomic E-state index is 15.0. The molecule has 3 saturated carbocycles. The molecule has 6 nitrogen and oxygen atoms in total. The Morgan fingerprint density at radius 3 is 2.42 bits per heavy atom. The zero-order valence-electron chi connectivity index (χ0n) is 28.4. The third-order valence-corrected chi connectivity index (χ3v) is 15.0. The Morgan fingerprint density at radius 2 is 1.65 bits per heavy atom. The monoisotopic (exact) mass is 664 g/mol. The first-order valence-corrected chi connectivity index (χ1v) is 18.8. The molecule has 6 aliphatic rings. The number of Topliss-reactive ketones (excluding diaryl/α,β-unsaturated/α-hetero) is 1. The summed E-state index contributed by atoms with van der Waals surface area (Å²) in [7, 11) is 0. The van der Waals surface area contributed by atoms with Crippen LogP contribution >= 0.6 is 11.3 Å². The largest absolute Gasteiger partial charge is 0.393 e. The molecule has 48 heavy (non-hydrogen) atoms. The number of benzene rings is 2. The Kier molecular flexibility index (Phi) is 7.41. The topological polar surface area (TPSA) is 89.9 Å². The summed E-state index contributed by atoms with van der Waals surface area (Å²) < 4.78 is 1.11. The highest BCUT2D eigenvalue weighted by Gasteiger charge is 2.74. The number of carbonyl (C=O) groups excluding carboxylic acids is 2. The van der Waals surface area contributed by atoms with Crippen molar-refractivity contribution in [3.63, 3.8) is 0 Å². The molecule has 8 unspecified atom stereocenters. The molecular formula is C41H48N2O4S. The van der Waals surface area contributed by atoms with Crippen molar-refractivity contribution in [2.75, 3.05) is 18.4 Å². The van der Waals surface area contributed by atoms with Gasteiger partial charge in [-0.15, -0.1) is 11.3 Å². The van der Waals surface area contributed by atoms with Crippen molar-refractivity contribution in [1.82, 2.24) is 4.90 Å². The van der Waals surface area contributed by atoms with Gasteiger partial charge in [0.1, 0.15) is 0 Å². The number of ketones is 1. The number of carbonyl (C=O) groups is 2. The second kappa shape index (κ2) is 11.1. The van der Waals surface area contributed by atoms with Gasteiger partial charge in [-0.2, -0.15) is 0 Å². The van der Waals surface area contributed by atoms with Gasteiger partial charge in [-0.05, 0) is 98.3 Å². The number of para-hydroxylation sites is 1. The van der Waals surface area contributed by atoms with Crippen molar-refractivity contribution in [2.24, 2.45) is 33.5 Å². The van der Waals surface area contributed by atoms with Crippen molar-refractivity contribution < 1.29 is 19.8 Å². The molecule has 2 bridgehead atoms. The average Bonchev–Trinajstić information content (AvgIpc) is 3.63. The van der Waals surface area contributed by atoms with Gasteiger partial charge in [0.2, 0.25) is 0 Å². The number of aliphatic hydroxyl groups excluding tert-OH is 1. The van der Waals surface area contributed by atoms with Crippen molar-refractivity contribution in [2.45, 2.75) is 83.8 Å². The van der Waals surface area contributed by atoms with Gasteiger partial charge in [0.15, 0.2) is 5.78 Å². The number of nitrogens with zero attached hydrogens (tertiary/aromatic N) is 1. The van der Waals surface area contributed by atoms with Gasteiger partial charge >= 0.3 is 6.03 Å². The van der Waals surface area contributed by atoms with E-state index in [1.54, 1.807) is 16.2 Å². The molecule has 0 radical (unpaired) electrons. The normalized spacial score (nSPS) is 37.8. The average molecular weight is 665 g/mol. The first-order valence-electron chi connectivity index (χ1n) is 18.0. The van der Waals surface area contributed by atoms with Crippen LogP contribution in [0.1, 0.15) is 81.8 Å². The number of anilines is 1. The molecule has 0 saturated heterocycles. The molecule has 2 amide bonds. The minimum atomic E-state index is -1.10. The fourth-order valence-electron chi connectivity index (χ4n) is 11.4. The molecule has 3 aromatic rings. The summed E-state index contributed by atoms with van der Waals surface area (Å²) in [6.45, 7) is 7.53. The van der Waals surface area contributed by atoms with E-state index in [1.807, 2.05) is 48.5 Å². The van der Waals surface area contributed by atoms with E-state index in [0.29, 0.717) is 19.4 Å². The van der Waals surface area contributed by atoms with E-state index in [9.17, 15) is 19.8 Å². The van der Waals surface area contributed by atoms with Gasteiger partial charge in [-0.1, -0.05) is 75.4 Å². The Morgan fingerprint density at radius 1 is 0.938 bits per heavy atom. The van der Waals surface area contributed by atoms with Crippen LogP contribution in [0, 0.1) is 33.5 Å².